The second-order valence-electron chi connectivity index (χ2n) is 3.35. The molecule has 84 valence electrons. The van der Waals surface area contributed by atoms with Crippen molar-refractivity contribution in [1.29, 1.82) is 0 Å². The quantitative estimate of drug-likeness (QED) is 0.859. The van der Waals surface area contributed by atoms with Crippen molar-refractivity contribution in [3.63, 3.8) is 0 Å². The van der Waals surface area contributed by atoms with Gasteiger partial charge in [-0.2, -0.15) is 0 Å². The molecule has 0 aromatic carbocycles. The van der Waals surface area contributed by atoms with Crippen LogP contribution in [0.15, 0.2) is 29.9 Å². The lowest BCUT2D eigenvalue weighted by Gasteiger charge is -2.14. The zero-order valence-corrected chi connectivity index (χ0v) is 11.8. The van der Waals surface area contributed by atoms with Gasteiger partial charge in [0.1, 0.15) is 0 Å². The van der Waals surface area contributed by atoms with Crippen LogP contribution in [0.4, 0.5) is 5.95 Å². The third-order valence-corrected chi connectivity index (χ3v) is 3.76. The summed E-state index contributed by atoms with van der Waals surface area (Å²) < 4.78 is 1.05. The Balaban J connectivity index is 2.10. The molecule has 2 aromatic rings. The minimum atomic E-state index is 0.306. The Labute approximate surface area is 112 Å². The first-order chi connectivity index (χ1) is 7.79. The number of nitrogens with one attached hydrogen (secondary N) is 1. The van der Waals surface area contributed by atoms with E-state index in [-0.39, 0.29) is 0 Å². The normalized spacial score (nSPS) is 12.4. The van der Waals surface area contributed by atoms with E-state index in [4.69, 9.17) is 0 Å². The van der Waals surface area contributed by atoms with Gasteiger partial charge >= 0.3 is 0 Å². The molecule has 0 aliphatic rings. The summed E-state index contributed by atoms with van der Waals surface area (Å²) in [6.07, 6.45) is 4.66. The van der Waals surface area contributed by atoms with Gasteiger partial charge in [-0.1, -0.05) is 13.0 Å². The zero-order valence-electron chi connectivity index (χ0n) is 8.85. The summed E-state index contributed by atoms with van der Waals surface area (Å²) in [6.45, 7) is 2.16. The SMILES string of the molecule is CCC(Nc1ncc(I)cn1)c1cccs1. The third kappa shape index (κ3) is 2.91. The molecular formula is C11H12IN3S. The van der Waals surface area contributed by atoms with E-state index in [0.717, 1.165) is 9.99 Å². The van der Waals surface area contributed by atoms with Gasteiger partial charge in [0, 0.05) is 20.8 Å². The molecule has 2 rings (SSSR count). The van der Waals surface area contributed by atoms with E-state index < -0.39 is 0 Å². The van der Waals surface area contributed by atoms with Gasteiger partial charge in [-0.25, -0.2) is 9.97 Å². The van der Waals surface area contributed by atoms with Gasteiger partial charge in [0.2, 0.25) is 5.95 Å². The smallest absolute Gasteiger partial charge is 0.223 e. The van der Waals surface area contributed by atoms with E-state index in [9.17, 15) is 0 Å². The fourth-order valence-corrected chi connectivity index (χ4v) is 2.55. The van der Waals surface area contributed by atoms with Crippen LogP contribution in [-0.2, 0) is 0 Å². The Morgan fingerprint density at radius 2 is 2.19 bits per heavy atom. The molecule has 0 saturated heterocycles. The molecule has 0 aliphatic carbocycles. The molecule has 0 amide bonds. The van der Waals surface area contributed by atoms with Gasteiger partial charge in [0.15, 0.2) is 0 Å². The Bertz CT molecular complexity index is 427. The second-order valence-corrected chi connectivity index (χ2v) is 5.57. The summed E-state index contributed by atoms with van der Waals surface area (Å²) in [5.74, 6) is 0.695. The number of aromatic nitrogens is 2. The highest BCUT2D eigenvalue weighted by molar-refractivity contribution is 14.1. The highest BCUT2D eigenvalue weighted by Crippen LogP contribution is 2.24. The molecule has 0 fully saturated rings. The largest absolute Gasteiger partial charge is 0.347 e. The molecule has 1 atom stereocenters. The topological polar surface area (TPSA) is 37.8 Å². The third-order valence-electron chi connectivity index (χ3n) is 2.22. The van der Waals surface area contributed by atoms with E-state index in [1.807, 2.05) is 12.4 Å². The van der Waals surface area contributed by atoms with E-state index in [1.54, 1.807) is 11.3 Å². The first-order valence-corrected chi connectivity index (χ1v) is 7.03. The fourth-order valence-electron chi connectivity index (χ4n) is 1.41. The van der Waals surface area contributed by atoms with Crippen LogP contribution >= 0.6 is 33.9 Å². The van der Waals surface area contributed by atoms with Gasteiger partial charge in [-0.15, -0.1) is 11.3 Å². The molecule has 2 heterocycles. The van der Waals surface area contributed by atoms with Crippen molar-refractivity contribution in [3.8, 4) is 0 Å². The maximum Gasteiger partial charge on any atom is 0.223 e. The van der Waals surface area contributed by atoms with Crippen molar-refractivity contribution >= 4 is 39.9 Å². The first kappa shape index (κ1) is 11.8. The molecule has 5 heteroatoms. The predicted octanol–water partition coefficient (Wildman–Crippen LogP) is 3.71. The van der Waals surface area contributed by atoms with Crippen LogP contribution in [-0.4, -0.2) is 9.97 Å². The summed E-state index contributed by atoms with van der Waals surface area (Å²) >= 11 is 3.96. The molecule has 0 aliphatic heterocycles. The summed E-state index contributed by atoms with van der Waals surface area (Å²) in [5, 5.41) is 5.43. The van der Waals surface area contributed by atoms with Crippen LogP contribution in [0.1, 0.15) is 24.3 Å². The lowest BCUT2D eigenvalue weighted by Crippen LogP contribution is -2.10. The molecule has 2 aromatic heterocycles. The molecule has 0 bridgehead atoms. The van der Waals surface area contributed by atoms with Crippen LogP contribution in [0, 0.1) is 3.57 Å². The van der Waals surface area contributed by atoms with Crippen molar-refractivity contribution in [3.05, 3.63) is 38.4 Å². The zero-order chi connectivity index (χ0) is 11.4. The van der Waals surface area contributed by atoms with Gasteiger partial charge in [-0.3, -0.25) is 0 Å². The highest BCUT2D eigenvalue weighted by Gasteiger charge is 2.10. The van der Waals surface area contributed by atoms with E-state index >= 15 is 0 Å². The van der Waals surface area contributed by atoms with E-state index in [2.05, 4.69) is 62.3 Å². The van der Waals surface area contributed by atoms with Crippen LogP contribution < -0.4 is 5.32 Å². The van der Waals surface area contributed by atoms with Crippen LogP contribution in [0.3, 0.4) is 0 Å². The first-order valence-electron chi connectivity index (χ1n) is 5.07. The molecule has 0 radical (unpaired) electrons. The van der Waals surface area contributed by atoms with Crippen LogP contribution in [0.5, 0.6) is 0 Å². The second kappa shape index (κ2) is 5.58. The Hall–Kier alpha value is -0.690. The van der Waals surface area contributed by atoms with Gasteiger partial charge in [-0.05, 0) is 40.5 Å². The minimum Gasteiger partial charge on any atom is -0.347 e. The average Bonchev–Trinajstić information content (AvgIpc) is 2.82. The van der Waals surface area contributed by atoms with Crippen molar-refractivity contribution in [1.82, 2.24) is 9.97 Å². The van der Waals surface area contributed by atoms with Crippen LogP contribution in [0.2, 0.25) is 0 Å². The fraction of sp³-hybridized carbons (Fsp3) is 0.273. The molecule has 3 nitrogen and oxygen atoms in total. The van der Waals surface area contributed by atoms with Crippen LogP contribution in [0.25, 0.3) is 0 Å². The summed E-state index contributed by atoms with van der Waals surface area (Å²) in [5.41, 5.74) is 0. The summed E-state index contributed by atoms with van der Waals surface area (Å²) in [4.78, 5) is 9.83. The van der Waals surface area contributed by atoms with Gasteiger partial charge < -0.3 is 5.32 Å². The molecule has 1 unspecified atom stereocenters. The predicted molar refractivity (Wildman–Crippen MR) is 75.7 cm³/mol. The van der Waals surface area contributed by atoms with Crippen molar-refractivity contribution in [2.45, 2.75) is 19.4 Å². The minimum absolute atomic E-state index is 0.306. The summed E-state index contributed by atoms with van der Waals surface area (Å²) in [6, 6.07) is 4.51. The maximum atomic E-state index is 4.25. The number of nitrogens with zero attached hydrogens (tertiary/aromatic N) is 2. The molecule has 0 spiro atoms. The highest BCUT2D eigenvalue weighted by atomic mass is 127. The lowest BCUT2D eigenvalue weighted by molar-refractivity contribution is 0.751. The van der Waals surface area contributed by atoms with Gasteiger partial charge in [0.25, 0.3) is 0 Å². The number of hydrogen-bond donors (Lipinski definition) is 1. The molecule has 1 N–H and O–H groups in total. The molecule has 0 saturated carbocycles. The van der Waals surface area contributed by atoms with Crippen molar-refractivity contribution < 1.29 is 0 Å². The van der Waals surface area contributed by atoms with Crippen molar-refractivity contribution in [2.24, 2.45) is 0 Å². The lowest BCUT2D eigenvalue weighted by atomic mass is 10.2. The van der Waals surface area contributed by atoms with Gasteiger partial charge in [0.05, 0.1) is 6.04 Å². The Morgan fingerprint density at radius 1 is 1.44 bits per heavy atom. The molecule has 16 heavy (non-hydrogen) atoms. The summed E-state index contributed by atoms with van der Waals surface area (Å²) in [7, 11) is 0. The van der Waals surface area contributed by atoms with E-state index in [1.165, 1.54) is 4.88 Å². The Kier molecular flexibility index (Phi) is 4.11. The number of thiophene rings is 1. The number of halogens is 1. The standard InChI is InChI=1S/C11H12IN3S/c1-2-9(10-4-3-5-16-10)15-11-13-6-8(12)7-14-11/h3-7,9H,2H2,1H3,(H,13,14,15). The Morgan fingerprint density at radius 3 is 2.75 bits per heavy atom. The molecular weight excluding hydrogens is 333 g/mol. The monoisotopic (exact) mass is 345 g/mol. The van der Waals surface area contributed by atoms with E-state index in [0.29, 0.717) is 12.0 Å². The maximum absolute atomic E-state index is 4.25. The van der Waals surface area contributed by atoms with Crippen molar-refractivity contribution in [2.75, 3.05) is 5.32 Å². The average molecular weight is 345 g/mol. The number of rotatable bonds is 4. The number of hydrogen-bond acceptors (Lipinski definition) is 4. The number of anilines is 1.